The normalized spacial score (nSPS) is 12.4. The summed E-state index contributed by atoms with van der Waals surface area (Å²) >= 11 is 13.2. The van der Waals surface area contributed by atoms with Gasteiger partial charge in [-0.1, -0.05) is 0 Å². The Morgan fingerprint density at radius 3 is 1.30 bits per heavy atom. The molecule has 0 saturated carbocycles. The van der Waals surface area contributed by atoms with Crippen LogP contribution in [0.4, 0.5) is 0 Å². The molecule has 0 aliphatic heterocycles. The third kappa shape index (κ3) is 11.3. The molecule has 0 saturated heterocycles. The van der Waals surface area contributed by atoms with Gasteiger partial charge >= 0.3 is 7.82 Å². The molecule has 0 aliphatic rings. The Balaban J connectivity index is 4.31. The highest BCUT2D eigenvalue weighted by atomic mass is 32.1. The largest absolute Gasteiger partial charge is 0.474 e. The number of phosphoric ester groups is 1. The first kappa shape index (κ1) is 19.5. The Labute approximate surface area is 132 Å². The molecule has 0 radical (unpaired) electrons. The van der Waals surface area contributed by atoms with Crippen molar-refractivity contribution in [3.8, 4) is 0 Å². The van der Waals surface area contributed by atoms with E-state index >= 15 is 0 Å². The van der Waals surface area contributed by atoms with Crippen molar-refractivity contribution in [1.29, 1.82) is 0 Å². The van der Waals surface area contributed by atoms with Crippen LogP contribution in [0.15, 0.2) is 15.0 Å². The first-order valence-electron chi connectivity index (χ1n) is 5.33. The van der Waals surface area contributed by atoms with Crippen molar-refractivity contribution >= 4 is 60.0 Å². The predicted octanol–water partition coefficient (Wildman–Crippen LogP) is 2.45. The monoisotopic (exact) mass is 353 g/mol. The molecule has 0 atom stereocenters. The molecule has 0 unspecified atom stereocenters. The van der Waals surface area contributed by atoms with Crippen LogP contribution in [-0.2, 0) is 18.1 Å². The van der Waals surface area contributed by atoms with E-state index in [9.17, 15) is 4.57 Å². The molecule has 0 rings (SSSR count). The first-order valence-corrected chi connectivity index (χ1v) is 8.01. The molecular formula is C9H12N3O4PS3. The minimum absolute atomic E-state index is 0.0216. The summed E-state index contributed by atoms with van der Waals surface area (Å²) in [6.45, 7) is 0.679. The summed E-state index contributed by atoms with van der Waals surface area (Å²) < 4.78 is 27.3. The average Bonchev–Trinajstić information content (AvgIpc) is 2.45. The first-order chi connectivity index (χ1) is 9.68. The van der Waals surface area contributed by atoms with E-state index in [0.29, 0.717) is 0 Å². The summed E-state index contributed by atoms with van der Waals surface area (Å²) in [6, 6.07) is 0. The van der Waals surface area contributed by atoms with Gasteiger partial charge in [0.15, 0.2) is 0 Å². The van der Waals surface area contributed by atoms with Crippen molar-refractivity contribution in [3.63, 3.8) is 0 Å². The van der Waals surface area contributed by atoms with E-state index in [1.54, 1.807) is 0 Å². The van der Waals surface area contributed by atoms with Gasteiger partial charge in [-0.15, -0.1) is 0 Å². The van der Waals surface area contributed by atoms with Crippen molar-refractivity contribution in [3.05, 3.63) is 0 Å². The van der Waals surface area contributed by atoms with E-state index in [1.807, 2.05) is 0 Å². The van der Waals surface area contributed by atoms with Gasteiger partial charge < -0.3 is 0 Å². The molecule has 110 valence electrons. The molecule has 0 spiro atoms. The highest BCUT2D eigenvalue weighted by Gasteiger charge is 2.26. The zero-order chi connectivity index (χ0) is 15.1. The summed E-state index contributed by atoms with van der Waals surface area (Å²) in [5.74, 6) is 0. The fourth-order valence-electron chi connectivity index (χ4n) is 0.844. The summed E-state index contributed by atoms with van der Waals surface area (Å²) in [5, 5.41) is 6.48. The smallest absolute Gasteiger partial charge is 0.285 e. The fraction of sp³-hybridized carbons (Fsp3) is 0.667. The zero-order valence-corrected chi connectivity index (χ0v) is 13.7. The van der Waals surface area contributed by atoms with Crippen LogP contribution < -0.4 is 0 Å². The minimum atomic E-state index is -3.71. The molecule has 0 aliphatic carbocycles. The Morgan fingerprint density at radius 1 is 0.750 bits per heavy atom. The standard InChI is InChI=1S/C9H12N3O4PS3/c13-17(14-4-1-10-7-18,15-5-2-11-8-19)16-6-3-12-9-20/h1-6H2. The predicted molar refractivity (Wildman–Crippen MR) is 85.1 cm³/mol. The lowest BCUT2D eigenvalue weighted by atomic mass is 10.7. The van der Waals surface area contributed by atoms with Crippen molar-refractivity contribution in [2.75, 3.05) is 39.5 Å². The van der Waals surface area contributed by atoms with Crippen molar-refractivity contribution < 1.29 is 18.1 Å². The van der Waals surface area contributed by atoms with E-state index < -0.39 is 7.82 Å². The van der Waals surface area contributed by atoms with Crippen LogP contribution in [0.2, 0.25) is 0 Å². The number of hydrogen-bond acceptors (Lipinski definition) is 10. The van der Waals surface area contributed by atoms with Crippen LogP contribution in [0.5, 0.6) is 0 Å². The second kappa shape index (κ2) is 13.5. The molecule has 0 aromatic rings. The topological polar surface area (TPSA) is 81.8 Å². The Bertz CT molecular complexity index is 404. The molecule has 20 heavy (non-hydrogen) atoms. The number of phosphoric acid groups is 1. The van der Waals surface area contributed by atoms with E-state index in [2.05, 4.69) is 67.1 Å². The highest BCUT2D eigenvalue weighted by molar-refractivity contribution is 7.78. The molecular weight excluding hydrogens is 341 g/mol. The number of nitrogens with zero attached hydrogens (tertiary/aromatic N) is 3. The lowest BCUT2D eigenvalue weighted by Crippen LogP contribution is -2.07. The quantitative estimate of drug-likeness (QED) is 0.231. The second-order valence-electron chi connectivity index (χ2n) is 2.87. The summed E-state index contributed by atoms with van der Waals surface area (Å²) in [5.41, 5.74) is 0. The maximum Gasteiger partial charge on any atom is 0.474 e. The van der Waals surface area contributed by atoms with Crippen molar-refractivity contribution in [1.82, 2.24) is 0 Å². The minimum Gasteiger partial charge on any atom is -0.285 e. The molecule has 0 fully saturated rings. The third-order valence-corrected chi connectivity index (χ3v) is 3.43. The molecule has 11 heteroatoms. The Kier molecular flexibility index (Phi) is 13.2. The highest BCUT2D eigenvalue weighted by Crippen LogP contribution is 2.49. The van der Waals surface area contributed by atoms with E-state index in [0.717, 1.165) is 0 Å². The lowest BCUT2D eigenvalue weighted by molar-refractivity contribution is 0.120. The van der Waals surface area contributed by atoms with Gasteiger partial charge in [-0.2, -0.15) is 0 Å². The van der Waals surface area contributed by atoms with Crippen LogP contribution in [0, 0.1) is 0 Å². The molecule has 0 aromatic carbocycles. The van der Waals surface area contributed by atoms with Crippen LogP contribution in [0.1, 0.15) is 0 Å². The molecule has 0 heterocycles. The van der Waals surface area contributed by atoms with Crippen molar-refractivity contribution in [2.45, 2.75) is 0 Å². The molecule has 0 aromatic heterocycles. The zero-order valence-electron chi connectivity index (χ0n) is 10.4. The van der Waals surface area contributed by atoms with Gasteiger partial charge in [-0.3, -0.25) is 13.6 Å². The number of rotatable bonds is 12. The fourth-order valence-corrected chi connectivity index (χ4v) is 2.26. The van der Waals surface area contributed by atoms with Crippen molar-refractivity contribution in [2.24, 2.45) is 15.0 Å². The van der Waals surface area contributed by atoms with Gasteiger partial charge in [0.1, 0.15) is 0 Å². The summed E-state index contributed by atoms with van der Waals surface area (Å²) in [7, 11) is -3.71. The molecule has 0 bridgehead atoms. The molecule has 7 nitrogen and oxygen atoms in total. The van der Waals surface area contributed by atoms with Gasteiger partial charge in [0.25, 0.3) is 0 Å². The molecule has 0 amide bonds. The van der Waals surface area contributed by atoms with Crippen LogP contribution in [-0.4, -0.2) is 54.9 Å². The number of thiocarbonyl (C=S) groups is 3. The van der Waals surface area contributed by atoms with Crippen LogP contribution in [0.3, 0.4) is 0 Å². The van der Waals surface area contributed by atoms with Crippen LogP contribution >= 0.6 is 44.5 Å². The third-order valence-electron chi connectivity index (χ3n) is 1.55. The summed E-state index contributed by atoms with van der Waals surface area (Å²) in [6.07, 6.45) is 0. The maximum atomic E-state index is 12.2. The molecule has 0 N–H and O–H groups in total. The SMILES string of the molecule is O=P(OCCN=C=S)(OCCN=C=S)OCCN=C=S. The van der Waals surface area contributed by atoms with E-state index in [-0.39, 0.29) is 39.5 Å². The Morgan fingerprint density at radius 2 is 1.05 bits per heavy atom. The van der Waals surface area contributed by atoms with E-state index in [4.69, 9.17) is 13.6 Å². The van der Waals surface area contributed by atoms with E-state index in [1.165, 1.54) is 0 Å². The second-order valence-corrected chi connectivity index (χ2v) is 5.08. The van der Waals surface area contributed by atoms with Gasteiger partial charge in [0.05, 0.1) is 54.9 Å². The number of aliphatic imine (C=N–C) groups is 3. The summed E-state index contributed by atoms with van der Waals surface area (Å²) in [4.78, 5) is 10.9. The van der Waals surface area contributed by atoms with Gasteiger partial charge in [0.2, 0.25) is 0 Å². The Hall–Kier alpha value is -0.490. The van der Waals surface area contributed by atoms with Gasteiger partial charge in [0, 0.05) is 0 Å². The number of hydrogen-bond donors (Lipinski definition) is 0. The lowest BCUT2D eigenvalue weighted by Gasteiger charge is -2.16. The number of isothiocyanates is 3. The average molecular weight is 353 g/mol. The van der Waals surface area contributed by atoms with Gasteiger partial charge in [-0.05, 0) is 36.7 Å². The van der Waals surface area contributed by atoms with Crippen LogP contribution in [0.25, 0.3) is 0 Å². The van der Waals surface area contributed by atoms with Gasteiger partial charge in [-0.25, -0.2) is 19.5 Å². The maximum absolute atomic E-state index is 12.2.